The molecule has 0 spiro atoms. The summed E-state index contributed by atoms with van der Waals surface area (Å²) in [5, 5.41) is 5.96. The number of aliphatic imine (C=N–C) groups is 1. The topological polar surface area (TPSA) is 116 Å². The molecular weight excluding hydrogens is 603 g/mol. The molecule has 1 N–H and O–H groups in total. The van der Waals surface area contributed by atoms with Crippen molar-refractivity contribution >= 4 is 45.0 Å². The summed E-state index contributed by atoms with van der Waals surface area (Å²) >= 11 is 4.90. The number of thiazole rings is 1. The number of aromatic nitrogens is 2. The van der Waals surface area contributed by atoms with Crippen LogP contribution in [0.5, 0.6) is 0 Å². The summed E-state index contributed by atoms with van der Waals surface area (Å²) < 4.78 is 30.4. The molecule has 210 valence electrons. The minimum atomic E-state index is -0.715. The third kappa shape index (κ3) is 6.02. The minimum absolute atomic E-state index is 0.00602. The van der Waals surface area contributed by atoms with Crippen molar-refractivity contribution in [1.82, 2.24) is 15.3 Å². The lowest BCUT2D eigenvalue weighted by atomic mass is 9.78. The molecule has 5 rings (SSSR count). The number of allylic oxidation sites excluding steroid dienone is 1. The number of methoxy groups -OCH3 is 1. The van der Waals surface area contributed by atoms with E-state index in [0.29, 0.717) is 44.6 Å². The van der Waals surface area contributed by atoms with Crippen LogP contribution < -0.4 is 5.32 Å². The largest absolute Gasteiger partial charge is 0.466 e. The molecule has 1 atom stereocenters. The summed E-state index contributed by atoms with van der Waals surface area (Å²) in [4.78, 5) is 38.9. The lowest BCUT2D eigenvalue weighted by Gasteiger charge is -2.34. The van der Waals surface area contributed by atoms with Gasteiger partial charge in [-0.25, -0.2) is 19.2 Å². The second-order valence-corrected chi connectivity index (χ2v) is 11.3. The predicted octanol–water partition coefficient (Wildman–Crippen LogP) is 5.63. The van der Waals surface area contributed by atoms with E-state index in [9.17, 15) is 14.0 Å². The lowest BCUT2D eigenvalue weighted by Crippen LogP contribution is -2.37. The van der Waals surface area contributed by atoms with Crippen LogP contribution in [-0.2, 0) is 25.5 Å². The number of rotatable bonds is 8. The van der Waals surface area contributed by atoms with E-state index >= 15 is 0 Å². The van der Waals surface area contributed by atoms with Crippen LogP contribution >= 0.6 is 27.3 Å². The molecule has 1 aliphatic carbocycles. The molecule has 1 unspecified atom stereocenters. The average molecular weight is 632 g/mol. The summed E-state index contributed by atoms with van der Waals surface area (Å²) in [6, 6.07) is 3.63. The lowest BCUT2D eigenvalue weighted by molar-refractivity contribution is -0.142. The van der Waals surface area contributed by atoms with Gasteiger partial charge in [0.25, 0.3) is 0 Å². The Morgan fingerprint density at radius 3 is 2.67 bits per heavy atom. The van der Waals surface area contributed by atoms with Crippen molar-refractivity contribution in [2.24, 2.45) is 10.9 Å². The van der Waals surface area contributed by atoms with Gasteiger partial charge < -0.3 is 19.2 Å². The SMILES string of the molecule is CCOC(=O)Cc1coc(C2CCC(C3=C(C(=O)OC)C(c4ccc(F)cc4Br)N=C(c4nccs4)N3)CC2)n1. The molecule has 0 radical (unpaired) electrons. The number of carbonyl (C=O) groups is 2. The molecule has 12 heteroatoms. The summed E-state index contributed by atoms with van der Waals surface area (Å²) in [5.74, 6) is 0.0271. The molecule has 1 saturated carbocycles. The molecule has 1 aromatic carbocycles. The Hall–Kier alpha value is -3.38. The number of nitrogens with one attached hydrogen (secondary N) is 1. The van der Waals surface area contributed by atoms with Crippen LogP contribution in [0.1, 0.15) is 66.7 Å². The number of hydrogen-bond acceptors (Lipinski definition) is 10. The van der Waals surface area contributed by atoms with E-state index < -0.39 is 17.8 Å². The Morgan fingerprint density at radius 2 is 2.00 bits per heavy atom. The third-order valence-corrected chi connectivity index (χ3v) is 8.52. The number of hydrogen-bond donors (Lipinski definition) is 1. The Kier molecular flexibility index (Phi) is 8.75. The molecule has 3 aromatic rings. The van der Waals surface area contributed by atoms with E-state index in [1.165, 1.54) is 36.8 Å². The maximum Gasteiger partial charge on any atom is 0.338 e. The highest BCUT2D eigenvalue weighted by atomic mass is 79.9. The summed E-state index contributed by atoms with van der Waals surface area (Å²) in [6.07, 6.45) is 6.35. The fourth-order valence-corrected chi connectivity index (χ4v) is 6.35. The summed E-state index contributed by atoms with van der Waals surface area (Å²) in [5.41, 5.74) is 2.34. The van der Waals surface area contributed by atoms with Gasteiger partial charge in [0.1, 0.15) is 18.1 Å². The van der Waals surface area contributed by atoms with E-state index in [2.05, 4.69) is 31.2 Å². The molecule has 2 aliphatic rings. The number of oxazole rings is 1. The smallest absolute Gasteiger partial charge is 0.338 e. The van der Waals surface area contributed by atoms with Crippen molar-refractivity contribution in [2.45, 2.75) is 51.0 Å². The number of amidine groups is 1. The van der Waals surface area contributed by atoms with Gasteiger partial charge >= 0.3 is 11.9 Å². The van der Waals surface area contributed by atoms with Gasteiger partial charge in [-0.3, -0.25) is 9.79 Å². The maximum atomic E-state index is 14.0. The van der Waals surface area contributed by atoms with E-state index in [-0.39, 0.29) is 24.2 Å². The van der Waals surface area contributed by atoms with Crippen LogP contribution in [0, 0.1) is 11.7 Å². The van der Waals surface area contributed by atoms with Gasteiger partial charge in [-0.05, 0) is 56.2 Å². The highest BCUT2D eigenvalue weighted by Gasteiger charge is 2.38. The van der Waals surface area contributed by atoms with Crippen LogP contribution in [0.2, 0.25) is 0 Å². The van der Waals surface area contributed by atoms with Crippen molar-refractivity contribution in [3.63, 3.8) is 0 Å². The molecule has 40 heavy (non-hydrogen) atoms. The molecule has 0 saturated heterocycles. The van der Waals surface area contributed by atoms with Gasteiger partial charge in [0.05, 0.1) is 31.4 Å². The zero-order valence-corrected chi connectivity index (χ0v) is 24.4. The highest BCUT2D eigenvalue weighted by Crippen LogP contribution is 2.43. The Labute approximate surface area is 243 Å². The second kappa shape index (κ2) is 12.4. The normalized spacial score (nSPS) is 21.0. The number of halogens is 2. The first-order valence-corrected chi connectivity index (χ1v) is 14.7. The quantitative estimate of drug-likeness (QED) is 0.318. The molecule has 1 aliphatic heterocycles. The summed E-state index contributed by atoms with van der Waals surface area (Å²) in [6.45, 7) is 2.08. The number of benzene rings is 1. The van der Waals surface area contributed by atoms with Gasteiger partial charge in [0, 0.05) is 27.7 Å². The van der Waals surface area contributed by atoms with Crippen LogP contribution in [0.25, 0.3) is 0 Å². The van der Waals surface area contributed by atoms with Crippen LogP contribution in [0.4, 0.5) is 4.39 Å². The molecule has 1 fully saturated rings. The van der Waals surface area contributed by atoms with E-state index in [4.69, 9.17) is 18.9 Å². The zero-order chi connectivity index (χ0) is 28.2. The van der Waals surface area contributed by atoms with Crippen LogP contribution in [-0.4, -0.2) is 41.5 Å². The molecule has 2 aromatic heterocycles. The Balaban J connectivity index is 1.43. The van der Waals surface area contributed by atoms with Gasteiger partial charge in [-0.2, -0.15) is 0 Å². The monoisotopic (exact) mass is 630 g/mol. The minimum Gasteiger partial charge on any atom is -0.466 e. The van der Waals surface area contributed by atoms with E-state index in [0.717, 1.165) is 31.4 Å². The van der Waals surface area contributed by atoms with Crippen molar-refractivity contribution in [2.75, 3.05) is 13.7 Å². The highest BCUT2D eigenvalue weighted by molar-refractivity contribution is 9.10. The molecular formula is C28H28BrFN4O5S. The number of nitrogens with zero attached hydrogens (tertiary/aromatic N) is 3. The molecule has 0 amide bonds. The number of ether oxygens (including phenoxy) is 2. The van der Waals surface area contributed by atoms with Gasteiger partial charge in [0.15, 0.2) is 16.7 Å². The number of carbonyl (C=O) groups excluding carboxylic acids is 2. The Bertz CT molecular complexity index is 1450. The maximum absolute atomic E-state index is 14.0. The first-order valence-electron chi connectivity index (χ1n) is 13.0. The van der Waals surface area contributed by atoms with Gasteiger partial charge in [0.2, 0.25) is 0 Å². The predicted molar refractivity (Wildman–Crippen MR) is 149 cm³/mol. The van der Waals surface area contributed by atoms with Gasteiger partial charge in [-0.15, -0.1) is 11.3 Å². The van der Waals surface area contributed by atoms with Crippen molar-refractivity contribution < 1.29 is 27.9 Å². The second-order valence-electron chi connectivity index (χ2n) is 9.53. The van der Waals surface area contributed by atoms with Crippen molar-refractivity contribution in [3.8, 4) is 0 Å². The van der Waals surface area contributed by atoms with Crippen molar-refractivity contribution in [3.05, 3.63) is 79.8 Å². The van der Waals surface area contributed by atoms with E-state index in [1.807, 2.05) is 5.38 Å². The average Bonchev–Trinajstić information content (AvgIpc) is 3.65. The van der Waals surface area contributed by atoms with Crippen LogP contribution in [0.3, 0.4) is 0 Å². The first kappa shape index (κ1) is 28.2. The fraction of sp³-hybridized carbons (Fsp3) is 0.393. The van der Waals surface area contributed by atoms with Crippen molar-refractivity contribution in [1.29, 1.82) is 0 Å². The van der Waals surface area contributed by atoms with Gasteiger partial charge in [-0.1, -0.05) is 22.0 Å². The fourth-order valence-electron chi connectivity index (χ4n) is 5.20. The third-order valence-electron chi connectivity index (χ3n) is 7.06. The number of esters is 2. The Morgan fingerprint density at radius 1 is 1.23 bits per heavy atom. The van der Waals surface area contributed by atoms with E-state index in [1.54, 1.807) is 19.2 Å². The zero-order valence-electron chi connectivity index (χ0n) is 22.0. The first-order chi connectivity index (χ1) is 19.4. The molecule has 3 heterocycles. The standard InChI is InChI=1S/C28H28BrFN4O5S/c1-3-38-21(35)13-18-14-39-26(32-18)16-6-4-15(5-7-16)23-22(28(36)37-2)24(19-9-8-17(30)12-20(19)29)34-25(33-23)27-31-10-11-40-27/h8-12,14-16,24H,3-7,13H2,1-2H3,(H,33,34). The van der Waals surface area contributed by atoms with Crippen LogP contribution in [0.15, 0.2) is 61.2 Å². The summed E-state index contributed by atoms with van der Waals surface area (Å²) in [7, 11) is 1.34. The molecule has 0 bridgehead atoms. The molecule has 9 nitrogen and oxygen atoms in total.